The van der Waals surface area contributed by atoms with Crippen molar-refractivity contribution in [2.24, 2.45) is 0 Å². The monoisotopic (exact) mass is 418 g/mol. The van der Waals surface area contributed by atoms with E-state index in [9.17, 15) is 4.79 Å². The van der Waals surface area contributed by atoms with Crippen LogP contribution in [0.3, 0.4) is 0 Å². The summed E-state index contributed by atoms with van der Waals surface area (Å²) in [6, 6.07) is 7.25. The Bertz CT molecular complexity index is 908. The Hall–Kier alpha value is -2.85. The molecule has 1 N–H and O–H groups in total. The maximum absolute atomic E-state index is 11.9. The van der Waals surface area contributed by atoms with Gasteiger partial charge in [0, 0.05) is 17.1 Å². The average Bonchev–Trinajstić information content (AvgIpc) is 3.24. The molecule has 1 amide bonds. The van der Waals surface area contributed by atoms with Gasteiger partial charge in [-0.2, -0.15) is 0 Å². The van der Waals surface area contributed by atoms with E-state index in [0.29, 0.717) is 33.1 Å². The predicted molar refractivity (Wildman–Crippen MR) is 109 cm³/mol. The van der Waals surface area contributed by atoms with Crippen molar-refractivity contribution in [2.45, 2.75) is 5.03 Å². The Labute approximate surface area is 170 Å². The van der Waals surface area contributed by atoms with E-state index in [2.05, 4.69) is 20.5 Å². The van der Waals surface area contributed by atoms with E-state index < -0.39 is 0 Å². The molecule has 0 atom stereocenters. The number of amides is 1. The lowest BCUT2D eigenvalue weighted by Gasteiger charge is -2.13. The number of thiazole rings is 1. The SMILES string of the molecule is COc1cc(-c2ccc(SCC(=O)Nc3nccs3)nn2)cc(OC)c1OC. The van der Waals surface area contributed by atoms with Crippen LogP contribution in [-0.2, 0) is 4.79 Å². The molecule has 0 saturated heterocycles. The van der Waals surface area contributed by atoms with Gasteiger partial charge < -0.3 is 19.5 Å². The number of hydrogen-bond acceptors (Lipinski definition) is 9. The summed E-state index contributed by atoms with van der Waals surface area (Å²) in [6.45, 7) is 0. The summed E-state index contributed by atoms with van der Waals surface area (Å²) in [5, 5.41) is 14.2. The molecule has 1 aromatic carbocycles. The maximum atomic E-state index is 11.9. The molecule has 0 aliphatic carbocycles. The molecule has 10 heteroatoms. The summed E-state index contributed by atoms with van der Waals surface area (Å²) in [7, 11) is 4.67. The van der Waals surface area contributed by atoms with Crippen LogP contribution >= 0.6 is 23.1 Å². The van der Waals surface area contributed by atoms with Crippen molar-refractivity contribution in [3.8, 4) is 28.5 Å². The summed E-state index contributed by atoms with van der Waals surface area (Å²) in [5.41, 5.74) is 1.43. The van der Waals surface area contributed by atoms with Gasteiger partial charge in [0.1, 0.15) is 5.03 Å². The first-order valence-corrected chi connectivity index (χ1v) is 9.97. The number of thioether (sulfide) groups is 1. The van der Waals surface area contributed by atoms with Crippen molar-refractivity contribution in [2.75, 3.05) is 32.4 Å². The molecule has 2 aromatic heterocycles. The number of carbonyl (C=O) groups is 1. The van der Waals surface area contributed by atoms with Gasteiger partial charge >= 0.3 is 0 Å². The zero-order valence-corrected chi connectivity index (χ0v) is 17.1. The fraction of sp³-hybridized carbons (Fsp3) is 0.222. The Morgan fingerprint density at radius 1 is 1.11 bits per heavy atom. The first-order valence-electron chi connectivity index (χ1n) is 8.11. The number of methoxy groups -OCH3 is 3. The van der Waals surface area contributed by atoms with Crippen molar-refractivity contribution < 1.29 is 19.0 Å². The van der Waals surface area contributed by atoms with Gasteiger partial charge in [-0.1, -0.05) is 11.8 Å². The minimum atomic E-state index is -0.143. The molecule has 146 valence electrons. The number of nitrogens with one attached hydrogen (secondary N) is 1. The second-order valence-corrected chi connectivity index (χ2v) is 7.24. The van der Waals surface area contributed by atoms with Crippen molar-refractivity contribution >= 4 is 34.1 Å². The van der Waals surface area contributed by atoms with Gasteiger partial charge in [-0.15, -0.1) is 21.5 Å². The van der Waals surface area contributed by atoms with Crippen LogP contribution in [0.25, 0.3) is 11.3 Å². The zero-order valence-electron chi connectivity index (χ0n) is 15.5. The lowest BCUT2D eigenvalue weighted by Crippen LogP contribution is -2.13. The maximum Gasteiger partial charge on any atom is 0.236 e. The number of carbonyl (C=O) groups excluding carboxylic acids is 1. The van der Waals surface area contributed by atoms with Gasteiger partial charge in [-0.25, -0.2) is 4.98 Å². The lowest BCUT2D eigenvalue weighted by molar-refractivity contribution is -0.113. The number of benzene rings is 1. The van der Waals surface area contributed by atoms with E-state index in [1.54, 1.807) is 45.0 Å². The third-order valence-electron chi connectivity index (χ3n) is 3.63. The standard InChI is InChI=1S/C18H18N4O4S2/c1-24-13-8-11(9-14(25-2)17(13)26-3)12-4-5-16(22-21-12)28-10-15(23)20-18-19-6-7-27-18/h4-9H,10H2,1-3H3,(H,19,20,23). The molecule has 0 fully saturated rings. The Morgan fingerprint density at radius 3 is 2.39 bits per heavy atom. The van der Waals surface area contributed by atoms with Crippen LogP contribution in [-0.4, -0.2) is 48.2 Å². The molecule has 0 unspecified atom stereocenters. The molecule has 0 aliphatic rings. The first kappa shape index (κ1) is 19.9. The number of anilines is 1. The van der Waals surface area contributed by atoms with E-state index in [4.69, 9.17) is 14.2 Å². The highest BCUT2D eigenvalue weighted by molar-refractivity contribution is 7.99. The summed E-state index contributed by atoms with van der Waals surface area (Å²) < 4.78 is 16.1. The van der Waals surface area contributed by atoms with Gasteiger partial charge in [-0.3, -0.25) is 4.79 Å². The normalized spacial score (nSPS) is 10.4. The van der Waals surface area contributed by atoms with Crippen LogP contribution in [0.4, 0.5) is 5.13 Å². The van der Waals surface area contributed by atoms with Crippen LogP contribution in [0, 0.1) is 0 Å². The molecule has 2 heterocycles. The largest absolute Gasteiger partial charge is 0.493 e. The van der Waals surface area contributed by atoms with E-state index in [1.165, 1.54) is 23.1 Å². The van der Waals surface area contributed by atoms with Gasteiger partial charge in [0.25, 0.3) is 0 Å². The third-order valence-corrected chi connectivity index (χ3v) is 5.24. The smallest absolute Gasteiger partial charge is 0.236 e. The first-order chi connectivity index (χ1) is 13.6. The molecule has 0 bridgehead atoms. The molecular weight excluding hydrogens is 400 g/mol. The second-order valence-electron chi connectivity index (χ2n) is 5.34. The molecule has 28 heavy (non-hydrogen) atoms. The highest BCUT2D eigenvalue weighted by Gasteiger charge is 2.15. The minimum absolute atomic E-state index is 0.143. The van der Waals surface area contributed by atoms with Crippen LogP contribution in [0.15, 0.2) is 40.9 Å². The summed E-state index contributed by atoms with van der Waals surface area (Å²) in [4.78, 5) is 15.9. The second kappa shape index (κ2) is 9.38. The fourth-order valence-electron chi connectivity index (χ4n) is 2.36. The van der Waals surface area contributed by atoms with Crippen molar-refractivity contribution in [1.29, 1.82) is 0 Å². The van der Waals surface area contributed by atoms with Crippen LogP contribution in [0.1, 0.15) is 0 Å². The van der Waals surface area contributed by atoms with Crippen molar-refractivity contribution in [3.05, 3.63) is 35.8 Å². The minimum Gasteiger partial charge on any atom is -0.493 e. The third kappa shape index (κ3) is 4.70. The number of ether oxygens (including phenoxy) is 3. The summed E-state index contributed by atoms with van der Waals surface area (Å²) >= 11 is 2.67. The molecule has 0 aliphatic heterocycles. The Kier molecular flexibility index (Phi) is 6.66. The highest BCUT2D eigenvalue weighted by atomic mass is 32.2. The lowest BCUT2D eigenvalue weighted by atomic mass is 10.1. The van der Waals surface area contributed by atoms with Crippen molar-refractivity contribution in [1.82, 2.24) is 15.2 Å². The molecular formula is C18H18N4O4S2. The summed E-state index contributed by atoms with van der Waals surface area (Å²) in [5.74, 6) is 1.67. The zero-order chi connectivity index (χ0) is 19.9. The molecule has 3 aromatic rings. The Morgan fingerprint density at radius 2 is 1.86 bits per heavy atom. The quantitative estimate of drug-likeness (QED) is 0.557. The predicted octanol–water partition coefficient (Wildman–Crippen LogP) is 3.36. The van der Waals surface area contributed by atoms with Gasteiger partial charge in [0.15, 0.2) is 16.6 Å². The number of aromatic nitrogens is 3. The van der Waals surface area contributed by atoms with E-state index in [0.717, 1.165) is 5.56 Å². The van der Waals surface area contributed by atoms with Crippen LogP contribution in [0.5, 0.6) is 17.2 Å². The van der Waals surface area contributed by atoms with E-state index in [-0.39, 0.29) is 11.7 Å². The van der Waals surface area contributed by atoms with E-state index in [1.807, 2.05) is 12.1 Å². The topological polar surface area (TPSA) is 95.5 Å². The van der Waals surface area contributed by atoms with Crippen LogP contribution in [0.2, 0.25) is 0 Å². The molecule has 0 radical (unpaired) electrons. The number of hydrogen-bond donors (Lipinski definition) is 1. The van der Waals surface area contributed by atoms with Crippen LogP contribution < -0.4 is 19.5 Å². The Balaban J connectivity index is 1.69. The molecule has 0 spiro atoms. The van der Waals surface area contributed by atoms with Crippen molar-refractivity contribution in [3.63, 3.8) is 0 Å². The highest BCUT2D eigenvalue weighted by Crippen LogP contribution is 2.40. The van der Waals surface area contributed by atoms with E-state index >= 15 is 0 Å². The van der Waals surface area contributed by atoms with Gasteiger partial charge in [0.05, 0.1) is 32.8 Å². The summed E-state index contributed by atoms with van der Waals surface area (Å²) in [6.07, 6.45) is 1.64. The fourth-order valence-corrected chi connectivity index (χ4v) is 3.52. The average molecular weight is 419 g/mol. The number of rotatable bonds is 8. The number of nitrogens with zero attached hydrogens (tertiary/aromatic N) is 3. The molecule has 3 rings (SSSR count). The van der Waals surface area contributed by atoms with Gasteiger partial charge in [-0.05, 0) is 24.3 Å². The van der Waals surface area contributed by atoms with Gasteiger partial charge in [0.2, 0.25) is 11.7 Å². The molecule has 0 saturated carbocycles. The molecule has 8 nitrogen and oxygen atoms in total.